The Morgan fingerprint density at radius 1 is 0.321 bits per heavy atom. The van der Waals surface area contributed by atoms with Gasteiger partial charge >= 0.3 is 0 Å². The van der Waals surface area contributed by atoms with Gasteiger partial charge in [0.05, 0.1) is 5.69 Å². The van der Waals surface area contributed by atoms with Gasteiger partial charge in [-0.25, -0.2) is 0 Å². The molecular formula is C55H41N. The molecule has 0 heterocycles. The lowest BCUT2D eigenvalue weighted by molar-refractivity contribution is 0.660. The molecule has 0 aliphatic heterocycles. The van der Waals surface area contributed by atoms with E-state index in [-0.39, 0.29) is 5.41 Å². The lowest BCUT2D eigenvalue weighted by Gasteiger charge is -2.29. The van der Waals surface area contributed by atoms with Crippen molar-refractivity contribution in [3.8, 4) is 55.6 Å². The first kappa shape index (κ1) is 33.6. The van der Waals surface area contributed by atoms with E-state index < -0.39 is 0 Å². The average molecular weight is 716 g/mol. The van der Waals surface area contributed by atoms with Gasteiger partial charge in [0, 0.05) is 22.4 Å². The highest BCUT2D eigenvalue weighted by Crippen LogP contribution is 2.53. The fraction of sp³-hybridized carbons (Fsp3) is 0.0545. The molecule has 1 aliphatic rings. The minimum Gasteiger partial charge on any atom is -0.310 e. The molecule has 0 aromatic heterocycles. The molecule has 0 spiro atoms. The first-order valence-corrected chi connectivity index (χ1v) is 19.5. The van der Waals surface area contributed by atoms with Crippen molar-refractivity contribution in [2.24, 2.45) is 0 Å². The van der Waals surface area contributed by atoms with E-state index in [0.29, 0.717) is 0 Å². The van der Waals surface area contributed by atoms with Crippen molar-refractivity contribution in [3.05, 3.63) is 223 Å². The molecule has 9 aromatic rings. The molecule has 0 unspecified atom stereocenters. The van der Waals surface area contributed by atoms with Crippen LogP contribution in [0.3, 0.4) is 0 Å². The number of rotatable bonds is 7. The molecule has 0 saturated heterocycles. The van der Waals surface area contributed by atoms with Gasteiger partial charge in [-0.1, -0.05) is 184 Å². The Bertz CT molecular complexity index is 2860. The number of anilines is 3. The van der Waals surface area contributed by atoms with Crippen molar-refractivity contribution in [2.45, 2.75) is 19.3 Å². The van der Waals surface area contributed by atoms with Crippen LogP contribution in [0.4, 0.5) is 17.1 Å². The third-order valence-electron chi connectivity index (χ3n) is 11.7. The summed E-state index contributed by atoms with van der Waals surface area (Å²) in [4.78, 5) is 2.43. The maximum Gasteiger partial charge on any atom is 0.0540 e. The third kappa shape index (κ3) is 5.81. The number of hydrogen-bond donors (Lipinski definition) is 0. The van der Waals surface area contributed by atoms with Crippen molar-refractivity contribution >= 4 is 27.8 Å². The second-order valence-corrected chi connectivity index (χ2v) is 15.4. The van der Waals surface area contributed by atoms with Crippen LogP contribution in [0.1, 0.15) is 25.0 Å². The van der Waals surface area contributed by atoms with Crippen LogP contribution in [0.2, 0.25) is 0 Å². The molecule has 266 valence electrons. The van der Waals surface area contributed by atoms with Crippen LogP contribution in [-0.2, 0) is 5.41 Å². The number of fused-ring (bicyclic) bond motifs is 4. The number of para-hydroxylation sites is 1. The van der Waals surface area contributed by atoms with E-state index in [1.165, 1.54) is 77.5 Å². The zero-order chi connectivity index (χ0) is 37.6. The predicted molar refractivity (Wildman–Crippen MR) is 238 cm³/mol. The standard InChI is InChI=1S/C55H41N/c1-55(2)51-23-10-8-21-50(51)54-49(22-13-24-52(54)55)48-20-9-11-25-53(48)56(47-34-30-41(31-35-47)45-27-26-39-16-6-7-17-42(39)37-45)46-32-28-40(29-33-46)44-19-12-18-43(36-44)38-14-4-3-5-15-38/h3-37H,1-2H3. The molecule has 0 saturated carbocycles. The highest BCUT2D eigenvalue weighted by atomic mass is 15.1. The summed E-state index contributed by atoms with van der Waals surface area (Å²) in [5, 5.41) is 2.50. The van der Waals surface area contributed by atoms with Gasteiger partial charge in [-0.05, 0) is 114 Å². The summed E-state index contributed by atoms with van der Waals surface area (Å²) < 4.78 is 0. The zero-order valence-corrected chi connectivity index (χ0v) is 31.7. The van der Waals surface area contributed by atoms with Crippen LogP contribution in [0.25, 0.3) is 66.4 Å². The summed E-state index contributed by atoms with van der Waals surface area (Å²) in [6.07, 6.45) is 0. The Kier molecular flexibility index (Phi) is 8.23. The summed E-state index contributed by atoms with van der Waals surface area (Å²) in [7, 11) is 0. The molecule has 10 rings (SSSR count). The quantitative estimate of drug-likeness (QED) is 0.159. The molecule has 1 aliphatic carbocycles. The van der Waals surface area contributed by atoms with E-state index in [0.717, 1.165) is 17.1 Å². The SMILES string of the molecule is CC1(C)c2ccccc2-c2c(-c3ccccc3N(c3ccc(-c4cccc(-c5ccccc5)c4)cc3)c3ccc(-c4ccc5ccccc5c4)cc3)cccc21. The summed E-state index contributed by atoms with van der Waals surface area (Å²) in [5.74, 6) is 0. The van der Waals surface area contributed by atoms with Crippen molar-refractivity contribution in [1.29, 1.82) is 0 Å². The zero-order valence-electron chi connectivity index (χ0n) is 31.7. The van der Waals surface area contributed by atoms with Crippen LogP contribution in [-0.4, -0.2) is 0 Å². The second kappa shape index (κ2) is 13.7. The Morgan fingerprint density at radius 3 is 1.52 bits per heavy atom. The van der Waals surface area contributed by atoms with E-state index in [1.54, 1.807) is 0 Å². The molecule has 0 bridgehead atoms. The van der Waals surface area contributed by atoms with Gasteiger partial charge in [0.15, 0.2) is 0 Å². The fourth-order valence-corrected chi connectivity index (χ4v) is 8.79. The summed E-state index contributed by atoms with van der Waals surface area (Å²) in [5.41, 5.74) is 18.4. The smallest absolute Gasteiger partial charge is 0.0540 e. The van der Waals surface area contributed by atoms with Gasteiger partial charge in [0.1, 0.15) is 0 Å². The first-order valence-electron chi connectivity index (χ1n) is 19.5. The van der Waals surface area contributed by atoms with E-state index in [9.17, 15) is 0 Å². The Morgan fingerprint density at radius 2 is 0.804 bits per heavy atom. The molecule has 1 heteroatoms. The molecule has 56 heavy (non-hydrogen) atoms. The highest BCUT2D eigenvalue weighted by Gasteiger charge is 2.37. The van der Waals surface area contributed by atoms with Crippen molar-refractivity contribution < 1.29 is 0 Å². The van der Waals surface area contributed by atoms with Crippen LogP contribution < -0.4 is 4.90 Å². The molecule has 0 atom stereocenters. The fourth-order valence-electron chi connectivity index (χ4n) is 8.79. The van der Waals surface area contributed by atoms with Gasteiger partial charge in [0.2, 0.25) is 0 Å². The summed E-state index contributed by atoms with van der Waals surface area (Å²) in [6, 6.07) is 77.6. The molecule has 1 nitrogen and oxygen atoms in total. The van der Waals surface area contributed by atoms with Crippen LogP contribution in [0.5, 0.6) is 0 Å². The lowest BCUT2D eigenvalue weighted by atomic mass is 9.82. The topological polar surface area (TPSA) is 3.24 Å². The molecule has 9 aromatic carbocycles. The van der Waals surface area contributed by atoms with E-state index >= 15 is 0 Å². The van der Waals surface area contributed by atoms with E-state index in [1.807, 2.05) is 0 Å². The summed E-state index contributed by atoms with van der Waals surface area (Å²) in [6.45, 7) is 4.71. The molecular weight excluding hydrogens is 675 g/mol. The largest absolute Gasteiger partial charge is 0.310 e. The number of hydrogen-bond acceptors (Lipinski definition) is 1. The van der Waals surface area contributed by atoms with E-state index in [4.69, 9.17) is 0 Å². The van der Waals surface area contributed by atoms with Gasteiger partial charge in [0.25, 0.3) is 0 Å². The minimum absolute atomic E-state index is 0.0805. The summed E-state index contributed by atoms with van der Waals surface area (Å²) >= 11 is 0. The second-order valence-electron chi connectivity index (χ2n) is 15.4. The molecule has 0 fully saturated rings. The highest BCUT2D eigenvalue weighted by molar-refractivity contribution is 5.98. The van der Waals surface area contributed by atoms with Gasteiger partial charge in [-0.3, -0.25) is 0 Å². The number of nitrogens with zero attached hydrogens (tertiary/aromatic N) is 1. The molecule has 0 radical (unpaired) electrons. The van der Waals surface area contributed by atoms with Crippen molar-refractivity contribution in [1.82, 2.24) is 0 Å². The van der Waals surface area contributed by atoms with Crippen LogP contribution >= 0.6 is 0 Å². The Balaban J connectivity index is 1.11. The van der Waals surface area contributed by atoms with Crippen LogP contribution in [0, 0.1) is 0 Å². The number of benzene rings is 9. The monoisotopic (exact) mass is 715 g/mol. The normalized spacial score (nSPS) is 12.6. The van der Waals surface area contributed by atoms with Gasteiger partial charge in [-0.15, -0.1) is 0 Å². The van der Waals surface area contributed by atoms with Gasteiger partial charge < -0.3 is 4.90 Å². The average Bonchev–Trinajstić information content (AvgIpc) is 3.50. The lowest BCUT2D eigenvalue weighted by Crippen LogP contribution is -2.14. The predicted octanol–water partition coefficient (Wildman–Crippen LogP) is 15.3. The van der Waals surface area contributed by atoms with Gasteiger partial charge in [-0.2, -0.15) is 0 Å². The Hall–Kier alpha value is -6.96. The maximum atomic E-state index is 2.43. The molecule has 0 N–H and O–H groups in total. The molecule has 0 amide bonds. The minimum atomic E-state index is -0.0805. The van der Waals surface area contributed by atoms with Crippen LogP contribution in [0.15, 0.2) is 212 Å². The first-order chi connectivity index (χ1) is 27.5. The van der Waals surface area contributed by atoms with Crippen molar-refractivity contribution in [3.63, 3.8) is 0 Å². The van der Waals surface area contributed by atoms with E-state index in [2.05, 4.69) is 231 Å². The Labute approximate surface area is 329 Å². The third-order valence-corrected chi connectivity index (χ3v) is 11.7. The maximum absolute atomic E-state index is 2.43. The van der Waals surface area contributed by atoms with Crippen molar-refractivity contribution in [2.75, 3.05) is 4.90 Å².